The van der Waals surface area contributed by atoms with Crippen LogP contribution in [0.15, 0.2) is 35.1 Å². The average molecular weight is 253 g/mol. The number of hydrogen-bond acceptors (Lipinski definition) is 3. The van der Waals surface area contributed by atoms with E-state index in [-0.39, 0.29) is 11.1 Å². The van der Waals surface area contributed by atoms with Crippen LogP contribution < -0.4 is 5.69 Å². The highest BCUT2D eigenvalue weighted by Gasteiger charge is 2.13. The number of hydrogen-bond donors (Lipinski definition) is 1. The van der Waals surface area contributed by atoms with Gasteiger partial charge < -0.3 is 4.98 Å². The maximum Gasteiger partial charge on any atom is 0.346 e. The molecule has 0 fully saturated rings. The highest BCUT2D eigenvalue weighted by molar-refractivity contribution is 5.60. The van der Waals surface area contributed by atoms with Gasteiger partial charge in [0.25, 0.3) is 0 Å². The van der Waals surface area contributed by atoms with Gasteiger partial charge in [0.2, 0.25) is 0 Å². The fraction of sp³-hybridized carbons (Fsp3) is 0.267. The molecule has 0 bridgehead atoms. The summed E-state index contributed by atoms with van der Waals surface area (Å²) in [5.74, 6) is 0. The van der Waals surface area contributed by atoms with Crippen molar-refractivity contribution in [2.75, 3.05) is 0 Å². The van der Waals surface area contributed by atoms with Crippen LogP contribution in [0.1, 0.15) is 32.0 Å². The molecule has 0 saturated heterocycles. The van der Waals surface area contributed by atoms with Gasteiger partial charge in [-0.25, -0.2) is 4.79 Å². The molecule has 1 aromatic heterocycles. The van der Waals surface area contributed by atoms with Gasteiger partial charge in [0, 0.05) is 0 Å². The van der Waals surface area contributed by atoms with Crippen molar-refractivity contribution >= 4 is 0 Å². The van der Waals surface area contributed by atoms with Crippen LogP contribution in [-0.2, 0) is 5.41 Å². The van der Waals surface area contributed by atoms with Gasteiger partial charge in [0.15, 0.2) is 0 Å². The Morgan fingerprint density at radius 3 is 2.37 bits per heavy atom. The smallest absolute Gasteiger partial charge is 0.305 e. The third-order valence-corrected chi connectivity index (χ3v) is 2.92. The van der Waals surface area contributed by atoms with Crippen molar-refractivity contribution in [1.29, 1.82) is 5.26 Å². The summed E-state index contributed by atoms with van der Waals surface area (Å²) >= 11 is 0. The molecule has 0 amide bonds. The molecule has 2 rings (SSSR count). The lowest BCUT2D eigenvalue weighted by molar-refractivity contribution is 0.590. The van der Waals surface area contributed by atoms with Crippen molar-refractivity contribution in [2.24, 2.45) is 0 Å². The third-order valence-electron chi connectivity index (χ3n) is 2.92. The second kappa shape index (κ2) is 4.69. The standard InChI is InChI=1S/C15H15N3O/c1-15(2,3)11-6-4-10(5-7-11)13-8-12(9-16)17-14(19)18-13/h4-8H,1-3H3,(H,17,18,19). The van der Waals surface area contributed by atoms with Gasteiger partial charge in [0.05, 0.1) is 5.69 Å². The molecule has 0 unspecified atom stereocenters. The lowest BCUT2D eigenvalue weighted by atomic mass is 9.86. The first-order valence-corrected chi connectivity index (χ1v) is 6.02. The van der Waals surface area contributed by atoms with Crippen molar-refractivity contribution in [3.8, 4) is 17.3 Å². The molecule has 0 spiro atoms. The summed E-state index contributed by atoms with van der Waals surface area (Å²) in [6.07, 6.45) is 0. The molecule has 0 aliphatic rings. The zero-order valence-corrected chi connectivity index (χ0v) is 11.2. The highest BCUT2D eigenvalue weighted by atomic mass is 16.1. The Kier molecular flexibility index (Phi) is 3.22. The Balaban J connectivity index is 2.46. The summed E-state index contributed by atoms with van der Waals surface area (Å²) in [4.78, 5) is 17.6. The normalized spacial score (nSPS) is 11.1. The van der Waals surface area contributed by atoms with E-state index in [9.17, 15) is 4.79 Å². The summed E-state index contributed by atoms with van der Waals surface area (Å²) < 4.78 is 0. The summed E-state index contributed by atoms with van der Waals surface area (Å²) in [6.45, 7) is 6.43. The van der Waals surface area contributed by atoms with Crippen LogP contribution in [0.25, 0.3) is 11.3 Å². The molecule has 4 heteroatoms. The Bertz CT molecular complexity index is 685. The Morgan fingerprint density at radius 1 is 1.21 bits per heavy atom. The second-order valence-corrected chi connectivity index (χ2v) is 5.42. The molecule has 19 heavy (non-hydrogen) atoms. The van der Waals surface area contributed by atoms with Gasteiger partial charge in [0.1, 0.15) is 11.8 Å². The summed E-state index contributed by atoms with van der Waals surface area (Å²) in [6, 6.07) is 11.4. The molecule has 0 atom stereocenters. The summed E-state index contributed by atoms with van der Waals surface area (Å²) in [5.41, 5.74) is 2.39. The van der Waals surface area contributed by atoms with E-state index in [4.69, 9.17) is 5.26 Å². The fourth-order valence-electron chi connectivity index (χ4n) is 1.82. The molecule has 2 aromatic rings. The van der Waals surface area contributed by atoms with Crippen LogP contribution >= 0.6 is 0 Å². The maximum atomic E-state index is 11.4. The van der Waals surface area contributed by atoms with Crippen molar-refractivity contribution < 1.29 is 0 Å². The van der Waals surface area contributed by atoms with E-state index in [1.54, 1.807) is 6.07 Å². The Labute approximate surface area is 111 Å². The molecule has 1 aromatic carbocycles. The minimum Gasteiger partial charge on any atom is -0.305 e. The summed E-state index contributed by atoms with van der Waals surface area (Å²) in [7, 11) is 0. The molecule has 0 aliphatic heterocycles. The van der Waals surface area contributed by atoms with E-state index >= 15 is 0 Å². The molecule has 4 nitrogen and oxygen atoms in total. The van der Waals surface area contributed by atoms with Crippen molar-refractivity contribution in [3.05, 3.63) is 52.1 Å². The number of H-pyrrole nitrogens is 1. The number of nitriles is 1. The molecular formula is C15H15N3O. The van der Waals surface area contributed by atoms with Gasteiger partial charge in [-0.3, -0.25) is 0 Å². The van der Waals surface area contributed by atoms with E-state index in [1.807, 2.05) is 30.3 Å². The zero-order valence-electron chi connectivity index (χ0n) is 11.2. The van der Waals surface area contributed by atoms with E-state index < -0.39 is 5.69 Å². The van der Waals surface area contributed by atoms with Crippen LogP contribution in [0.5, 0.6) is 0 Å². The fourth-order valence-corrected chi connectivity index (χ4v) is 1.82. The number of nitrogens with zero attached hydrogens (tertiary/aromatic N) is 2. The molecule has 0 aliphatic carbocycles. The minimum atomic E-state index is -0.506. The quantitative estimate of drug-likeness (QED) is 0.849. The van der Waals surface area contributed by atoms with Crippen LogP contribution in [-0.4, -0.2) is 9.97 Å². The number of aromatic amines is 1. The monoisotopic (exact) mass is 253 g/mol. The Hall–Kier alpha value is -2.41. The lowest BCUT2D eigenvalue weighted by Crippen LogP contribution is -2.13. The third kappa shape index (κ3) is 2.89. The first kappa shape index (κ1) is 13.0. The molecular weight excluding hydrogens is 238 g/mol. The van der Waals surface area contributed by atoms with Crippen LogP contribution in [0.2, 0.25) is 0 Å². The number of benzene rings is 1. The largest absolute Gasteiger partial charge is 0.346 e. The molecule has 0 saturated carbocycles. The number of aromatic nitrogens is 2. The van der Waals surface area contributed by atoms with Crippen molar-refractivity contribution in [2.45, 2.75) is 26.2 Å². The first-order chi connectivity index (χ1) is 8.90. The molecule has 1 N–H and O–H groups in total. The van der Waals surface area contributed by atoms with E-state index in [0.29, 0.717) is 5.69 Å². The van der Waals surface area contributed by atoms with Crippen LogP contribution in [0.3, 0.4) is 0 Å². The van der Waals surface area contributed by atoms with Gasteiger partial charge in [-0.15, -0.1) is 0 Å². The van der Waals surface area contributed by atoms with E-state index in [2.05, 4.69) is 30.7 Å². The minimum absolute atomic E-state index is 0.0853. The number of nitrogens with one attached hydrogen (secondary N) is 1. The summed E-state index contributed by atoms with van der Waals surface area (Å²) in [5, 5.41) is 8.82. The van der Waals surface area contributed by atoms with E-state index in [0.717, 1.165) is 5.56 Å². The predicted molar refractivity (Wildman–Crippen MR) is 73.7 cm³/mol. The van der Waals surface area contributed by atoms with Crippen LogP contribution in [0, 0.1) is 11.3 Å². The van der Waals surface area contributed by atoms with E-state index in [1.165, 1.54) is 5.56 Å². The second-order valence-electron chi connectivity index (χ2n) is 5.42. The van der Waals surface area contributed by atoms with Crippen molar-refractivity contribution in [3.63, 3.8) is 0 Å². The maximum absolute atomic E-state index is 11.4. The van der Waals surface area contributed by atoms with Gasteiger partial charge in [-0.1, -0.05) is 45.0 Å². The van der Waals surface area contributed by atoms with Gasteiger partial charge in [-0.2, -0.15) is 10.2 Å². The SMILES string of the molecule is CC(C)(C)c1ccc(-c2cc(C#N)nc(=O)[nH]2)cc1. The average Bonchev–Trinajstić information content (AvgIpc) is 2.37. The number of rotatable bonds is 1. The highest BCUT2D eigenvalue weighted by Crippen LogP contribution is 2.25. The molecule has 96 valence electrons. The van der Waals surface area contributed by atoms with Crippen LogP contribution in [0.4, 0.5) is 0 Å². The predicted octanol–water partition coefficient (Wildman–Crippen LogP) is 2.61. The van der Waals surface area contributed by atoms with Gasteiger partial charge >= 0.3 is 5.69 Å². The topological polar surface area (TPSA) is 69.5 Å². The molecule has 0 radical (unpaired) electrons. The zero-order chi connectivity index (χ0) is 14.0. The van der Waals surface area contributed by atoms with Crippen molar-refractivity contribution in [1.82, 2.24) is 9.97 Å². The first-order valence-electron chi connectivity index (χ1n) is 6.02. The Morgan fingerprint density at radius 2 is 1.84 bits per heavy atom. The molecule has 1 heterocycles. The van der Waals surface area contributed by atoms with Gasteiger partial charge in [-0.05, 0) is 22.6 Å². The lowest BCUT2D eigenvalue weighted by Gasteiger charge is -2.19.